The highest BCUT2D eigenvalue weighted by atomic mass is 16.5. The lowest BCUT2D eigenvalue weighted by molar-refractivity contribution is -0.123. The molecule has 1 aliphatic carbocycles. The molecule has 36 heavy (non-hydrogen) atoms. The van der Waals surface area contributed by atoms with E-state index in [1.165, 1.54) is 29.9 Å². The SMILES string of the molecule is CCOc1ccc(N(C(=O)c2cnccn2)[C@@H](C(=O)NC2CCCCC2)c2ccc(OC)cc2)cc1. The predicted molar refractivity (Wildman–Crippen MR) is 137 cm³/mol. The molecular formula is C28H32N4O4. The number of nitrogens with zero attached hydrogens (tertiary/aromatic N) is 3. The molecule has 1 aliphatic rings. The zero-order valence-electron chi connectivity index (χ0n) is 20.7. The number of hydrogen-bond acceptors (Lipinski definition) is 6. The summed E-state index contributed by atoms with van der Waals surface area (Å²) in [5, 5.41) is 3.21. The molecule has 1 heterocycles. The fourth-order valence-electron chi connectivity index (χ4n) is 4.52. The van der Waals surface area contributed by atoms with Crippen LogP contribution in [-0.2, 0) is 4.79 Å². The highest BCUT2D eigenvalue weighted by Gasteiger charge is 2.35. The molecule has 2 amide bonds. The van der Waals surface area contributed by atoms with Gasteiger partial charge in [-0.05, 0) is 61.7 Å². The van der Waals surface area contributed by atoms with E-state index in [0.717, 1.165) is 25.7 Å². The van der Waals surface area contributed by atoms with Crippen LogP contribution in [0.3, 0.4) is 0 Å². The molecule has 1 atom stereocenters. The summed E-state index contributed by atoms with van der Waals surface area (Å²) in [6, 6.07) is 13.5. The van der Waals surface area contributed by atoms with Crippen molar-refractivity contribution in [2.75, 3.05) is 18.6 Å². The third kappa shape index (κ3) is 6.00. The molecule has 188 valence electrons. The monoisotopic (exact) mass is 488 g/mol. The Kier molecular flexibility index (Phi) is 8.49. The lowest BCUT2D eigenvalue weighted by Gasteiger charge is -2.33. The summed E-state index contributed by atoms with van der Waals surface area (Å²) in [4.78, 5) is 37.5. The van der Waals surface area contributed by atoms with Crippen molar-refractivity contribution in [3.05, 3.63) is 78.4 Å². The van der Waals surface area contributed by atoms with E-state index in [2.05, 4.69) is 15.3 Å². The number of carbonyl (C=O) groups is 2. The van der Waals surface area contributed by atoms with Crippen LogP contribution in [0.25, 0.3) is 0 Å². The Morgan fingerprint density at radius 1 is 1.00 bits per heavy atom. The molecule has 2 aromatic carbocycles. The molecule has 0 aliphatic heterocycles. The summed E-state index contributed by atoms with van der Waals surface area (Å²) in [7, 11) is 1.59. The first kappa shape index (κ1) is 25.2. The van der Waals surface area contributed by atoms with Crippen molar-refractivity contribution >= 4 is 17.5 Å². The van der Waals surface area contributed by atoms with Crippen LogP contribution in [0, 0.1) is 0 Å². The van der Waals surface area contributed by atoms with Gasteiger partial charge in [-0.15, -0.1) is 0 Å². The minimum atomic E-state index is -0.926. The van der Waals surface area contributed by atoms with Crippen molar-refractivity contribution in [2.24, 2.45) is 0 Å². The zero-order valence-corrected chi connectivity index (χ0v) is 20.7. The van der Waals surface area contributed by atoms with Crippen LogP contribution >= 0.6 is 0 Å². The van der Waals surface area contributed by atoms with Crippen molar-refractivity contribution in [3.8, 4) is 11.5 Å². The maximum absolute atomic E-state index is 13.9. The summed E-state index contributed by atoms with van der Waals surface area (Å²) in [5.74, 6) is 0.684. The largest absolute Gasteiger partial charge is 0.497 e. The molecule has 0 bridgehead atoms. The van der Waals surface area contributed by atoms with Crippen LogP contribution in [0.2, 0.25) is 0 Å². The van der Waals surface area contributed by atoms with Crippen LogP contribution in [0.4, 0.5) is 5.69 Å². The van der Waals surface area contributed by atoms with E-state index in [0.29, 0.717) is 29.4 Å². The van der Waals surface area contributed by atoms with E-state index in [-0.39, 0.29) is 17.6 Å². The van der Waals surface area contributed by atoms with Crippen LogP contribution in [0.1, 0.15) is 61.1 Å². The standard InChI is InChI=1S/C28H32N4O4/c1-3-36-24-15-11-22(12-16-24)32(28(34)25-19-29-17-18-30-25)26(20-9-13-23(35-2)14-10-20)27(33)31-21-7-5-4-6-8-21/h9-19,21,26H,3-8H2,1-2H3,(H,31,33)/t26-/m1/s1. The van der Waals surface area contributed by atoms with Gasteiger partial charge < -0.3 is 14.8 Å². The number of ether oxygens (including phenoxy) is 2. The maximum atomic E-state index is 13.9. The Hall–Kier alpha value is -3.94. The van der Waals surface area contributed by atoms with Gasteiger partial charge in [-0.1, -0.05) is 31.4 Å². The number of hydrogen-bond donors (Lipinski definition) is 1. The third-order valence-electron chi connectivity index (χ3n) is 6.32. The Balaban J connectivity index is 1.78. The quantitative estimate of drug-likeness (QED) is 0.468. The van der Waals surface area contributed by atoms with Gasteiger partial charge in [0.25, 0.3) is 5.91 Å². The Bertz CT molecular complexity index is 1130. The average molecular weight is 489 g/mol. The molecule has 4 rings (SSSR count). The summed E-state index contributed by atoms with van der Waals surface area (Å²) in [6.45, 7) is 2.44. The summed E-state index contributed by atoms with van der Waals surface area (Å²) >= 11 is 0. The number of rotatable bonds is 9. The van der Waals surface area contributed by atoms with Crippen molar-refractivity contribution in [1.82, 2.24) is 15.3 Å². The summed E-state index contributed by atoms with van der Waals surface area (Å²) in [6.07, 6.45) is 9.59. The first-order chi connectivity index (χ1) is 17.6. The molecule has 1 aromatic heterocycles. The molecule has 1 fully saturated rings. The topological polar surface area (TPSA) is 93.7 Å². The maximum Gasteiger partial charge on any atom is 0.279 e. The van der Waals surface area contributed by atoms with E-state index < -0.39 is 11.9 Å². The van der Waals surface area contributed by atoms with Crippen LogP contribution in [0.15, 0.2) is 67.1 Å². The number of amides is 2. The van der Waals surface area contributed by atoms with Gasteiger partial charge in [-0.2, -0.15) is 0 Å². The number of carbonyl (C=O) groups excluding carboxylic acids is 2. The molecule has 0 spiro atoms. The van der Waals surface area contributed by atoms with Gasteiger partial charge >= 0.3 is 0 Å². The molecule has 8 nitrogen and oxygen atoms in total. The number of methoxy groups -OCH3 is 1. The minimum absolute atomic E-state index is 0.0841. The number of anilines is 1. The normalized spacial score (nSPS) is 14.5. The molecule has 3 aromatic rings. The number of benzene rings is 2. The van der Waals surface area contributed by atoms with Gasteiger partial charge in [0.15, 0.2) is 0 Å². The van der Waals surface area contributed by atoms with E-state index in [9.17, 15) is 9.59 Å². The van der Waals surface area contributed by atoms with Crippen molar-refractivity contribution < 1.29 is 19.1 Å². The smallest absolute Gasteiger partial charge is 0.279 e. The molecule has 0 radical (unpaired) electrons. The van der Waals surface area contributed by atoms with E-state index in [1.807, 2.05) is 19.1 Å². The second-order valence-corrected chi connectivity index (χ2v) is 8.71. The number of aromatic nitrogens is 2. The van der Waals surface area contributed by atoms with Crippen LogP contribution in [-0.4, -0.2) is 41.5 Å². The molecular weight excluding hydrogens is 456 g/mol. The highest BCUT2D eigenvalue weighted by Crippen LogP contribution is 2.32. The Morgan fingerprint density at radius 2 is 1.69 bits per heavy atom. The van der Waals surface area contributed by atoms with Gasteiger partial charge in [0, 0.05) is 24.1 Å². The van der Waals surface area contributed by atoms with Crippen molar-refractivity contribution in [3.63, 3.8) is 0 Å². The molecule has 1 saturated carbocycles. The van der Waals surface area contributed by atoms with Gasteiger partial charge in [0.1, 0.15) is 23.2 Å². The fourth-order valence-corrected chi connectivity index (χ4v) is 4.52. The van der Waals surface area contributed by atoms with E-state index >= 15 is 0 Å². The third-order valence-corrected chi connectivity index (χ3v) is 6.32. The second kappa shape index (κ2) is 12.2. The molecule has 0 saturated heterocycles. The predicted octanol–water partition coefficient (Wildman–Crippen LogP) is 4.72. The van der Waals surface area contributed by atoms with Crippen molar-refractivity contribution in [2.45, 2.75) is 51.1 Å². The lowest BCUT2D eigenvalue weighted by atomic mass is 9.94. The summed E-state index contributed by atoms with van der Waals surface area (Å²) < 4.78 is 10.9. The van der Waals surface area contributed by atoms with Gasteiger partial charge in [-0.25, -0.2) is 4.98 Å². The fraction of sp³-hybridized carbons (Fsp3) is 0.357. The Labute approximate surface area is 211 Å². The van der Waals surface area contributed by atoms with Crippen LogP contribution < -0.4 is 19.7 Å². The first-order valence-electron chi connectivity index (χ1n) is 12.4. The van der Waals surface area contributed by atoms with Crippen molar-refractivity contribution in [1.29, 1.82) is 0 Å². The van der Waals surface area contributed by atoms with Crippen LogP contribution in [0.5, 0.6) is 11.5 Å². The summed E-state index contributed by atoms with van der Waals surface area (Å²) in [5.41, 5.74) is 1.36. The van der Waals surface area contributed by atoms with E-state index in [1.54, 1.807) is 43.5 Å². The highest BCUT2D eigenvalue weighted by molar-refractivity contribution is 6.09. The molecule has 8 heteroatoms. The zero-order chi connectivity index (χ0) is 25.3. The second-order valence-electron chi connectivity index (χ2n) is 8.71. The average Bonchev–Trinajstić information content (AvgIpc) is 2.93. The lowest BCUT2D eigenvalue weighted by Crippen LogP contribution is -2.47. The van der Waals surface area contributed by atoms with Gasteiger partial charge in [-0.3, -0.25) is 19.5 Å². The van der Waals surface area contributed by atoms with E-state index in [4.69, 9.17) is 9.47 Å². The molecule has 1 N–H and O–H groups in total. The van der Waals surface area contributed by atoms with Gasteiger partial charge in [0.2, 0.25) is 5.91 Å². The first-order valence-corrected chi connectivity index (χ1v) is 12.4. The number of nitrogens with one attached hydrogen (secondary N) is 1. The Morgan fingerprint density at radius 3 is 2.31 bits per heavy atom. The molecule has 0 unspecified atom stereocenters. The van der Waals surface area contributed by atoms with Gasteiger partial charge in [0.05, 0.1) is 19.9 Å². The minimum Gasteiger partial charge on any atom is -0.497 e.